The Balaban J connectivity index is 1.48. The van der Waals surface area contributed by atoms with E-state index in [0.29, 0.717) is 5.92 Å². The van der Waals surface area contributed by atoms with Crippen LogP contribution in [0.4, 0.5) is 5.82 Å². The molecule has 3 saturated heterocycles. The van der Waals surface area contributed by atoms with Crippen LogP contribution in [0.15, 0.2) is 12.4 Å². The predicted octanol–water partition coefficient (Wildman–Crippen LogP) is 2.74. The largest absolute Gasteiger partial charge is 0.464 e. The summed E-state index contributed by atoms with van der Waals surface area (Å²) in [6.07, 6.45) is 11.4. The third-order valence-electron chi connectivity index (χ3n) is 6.49. The highest BCUT2D eigenvalue weighted by molar-refractivity contribution is 5.86. The molecule has 6 heteroatoms. The number of hydrogen-bond acceptors (Lipinski definition) is 6. The van der Waals surface area contributed by atoms with Crippen molar-refractivity contribution in [1.29, 1.82) is 0 Å². The Kier molecular flexibility index (Phi) is 5.11. The van der Waals surface area contributed by atoms with E-state index < -0.39 is 5.97 Å². The van der Waals surface area contributed by atoms with Crippen LogP contribution in [-0.2, 0) is 4.74 Å². The first-order valence-electron chi connectivity index (χ1n) is 10.1. The van der Waals surface area contributed by atoms with E-state index in [-0.39, 0.29) is 5.69 Å². The fourth-order valence-electron chi connectivity index (χ4n) is 5.44. The van der Waals surface area contributed by atoms with E-state index in [1.165, 1.54) is 58.4 Å². The fourth-order valence-corrected chi connectivity index (χ4v) is 5.44. The predicted molar refractivity (Wildman–Crippen MR) is 100 cm³/mol. The van der Waals surface area contributed by atoms with Crippen LogP contribution < -0.4 is 4.90 Å². The molecule has 0 unspecified atom stereocenters. The zero-order valence-corrected chi connectivity index (χ0v) is 15.9. The Hall–Kier alpha value is -1.69. The lowest BCUT2D eigenvalue weighted by Crippen LogP contribution is -2.61. The first-order valence-corrected chi connectivity index (χ1v) is 10.1. The molecule has 0 aliphatic carbocycles. The molecule has 4 atom stereocenters. The number of anilines is 1. The van der Waals surface area contributed by atoms with Gasteiger partial charge < -0.3 is 9.64 Å². The van der Waals surface area contributed by atoms with E-state index >= 15 is 0 Å². The second-order valence-electron chi connectivity index (χ2n) is 8.16. The fraction of sp³-hybridized carbons (Fsp3) is 0.750. The molecule has 0 N–H and O–H groups in total. The molecule has 4 rings (SSSR count). The number of carbonyl (C=O) groups excluding carboxylic acids is 1. The molecule has 0 radical (unpaired) electrons. The number of rotatable bonds is 4. The van der Waals surface area contributed by atoms with Gasteiger partial charge in [-0.05, 0) is 37.5 Å². The minimum Gasteiger partial charge on any atom is -0.464 e. The molecule has 4 heterocycles. The molecule has 3 aliphatic heterocycles. The zero-order chi connectivity index (χ0) is 18.1. The highest BCUT2D eigenvalue weighted by Crippen LogP contribution is 2.41. The minimum atomic E-state index is -0.431. The summed E-state index contributed by atoms with van der Waals surface area (Å²) >= 11 is 0. The standard InChI is InChI=1S/C20H30N4O2/c1-3-5-16-6-4-7-18-15-8-14(12-24(16)18)11-23(13-15)19-10-21-17(9-22-19)20(25)26-2/h9-10,14-16,18H,3-8,11-13H2,1-2H3/t14-,15+,16-,18-/m0/s1. The molecule has 0 saturated carbocycles. The van der Waals surface area contributed by atoms with Crippen molar-refractivity contribution in [2.24, 2.45) is 11.8 Å². The third kappa shape index (κ3) is 3.31. The molecule has 2 bridgehead atoms. The lowest BCUT2D eigenvalue weighted by molar-refractivity contribution is -0.0216. The van der Waals surface area contributed by atoms with Gasteiger partial charge in [0.1, 0.15) is 5.82 Å². The van der Waals surface area contributed by atoms with Crippen molar-refractivity contribution in [1.82, 2.24) is 14.9 Å². The van der Waals surface area contributed by atoms with Gasteiger partial charge in [-0.1, -0.05) is 19.8 Å². The van der Waals surface area contributed by atoms with Crippen LogP contribution in [0.25, 0.3) is 0 Å². The van der Waals surface area contributed by atoms with Gasteiger partial charge in [-0.25, -0.2) is 14.8 Å². The van der Waals surface area contributed by atoms with Crippen molar-refractivity contribution in [3.63, 3.8) is 0 Å². The van der Waals surface area contributed by atoms with Crippen LogP contribution >= 0.6 is 0 Å². The number of aromatic nitrogens is 2. The van der Waals surface area contributed by atoms with Gasteiger partial charge in [0.2, 0.25) is 0 Å². The van der Waals surface area contributed by atoms with Gasteiger partial charge in [-0.3, -0.25) is 4.90 Å². The Morgan fingerprint density at radius 2 is 2.12 bits per heavy atom. The number of esters is 1. The van der Waals surface area contributed by atoms with Crippen LogP contribution in [0.3, 0.4) is 0 Å². The Morgan fingerprint density at radius 3 is 2.85 bits per heavy atom. The smallest absolute Gasteiger partial charge is 0.358 e. The maximum atomic E-state index is 11.6. The van der Waals surface area contributed by atoms with Crippen molar-refractivity contribution < 1.29 is 9.53 Å². The second-order valence-corrected chi connectivity index (χ2v) is 8.16. The SMILES string of the molecule is CCC[C@H]1CCC[C@H]2[C@@H]3C[C@@H](CN(c4cnc(C(=O)OC)cn4)C3)CN12. The van der Waals surface area contributed by atoms with E-state index in [2.05, 4.69) is 26.7 Å². The van der Waals surface area contributed by atoms with Crippen molar-refractivity contribution in [3.8, 4) is 0 Å². The molecule has 26 heavy (non-hydrogen) atoms. The summed E-state index contributed by atoms with van der Waals surface area (Å²) in [5, 5.41) is 0. The summed E-state index contributed by atoms with van der Waals surface area (Å²) in [5.74, 6) is 1.90. The van der Waals surface area contributed by atoms with E-state index in [9.17, 15) is 4.79 Å². The first kappa shape index (κ1) is 17.7. The molecule has 3 fully saturated rings. The van der Waals surface area contributed by atoms with Gasteiger partial charge in [0, 0.05) is 31.7 Å². The van der Waals surface area contributed by atoms with Gasteiger partial charge in [0.05, 0.1) is 19.5 Å². The Morgan fingerprint density at radius 1 is 1.23 bits per heavy atom. The van der Waals surface area contributed by atoms with Crippen molar-refractivity contribution in [2.45, 2.75) is 57.5 Å². The minimum absolute atomic E-state index is 0.273. The highest BCUT2D eigenvalue weighted by Gasteiger charge is 2.44. The maximum Gasteiger partial charge on any atom is 0.358 e. The number of piperidine rings is 3. The zero-order valence-electron chi connectivity index (χ0n) is 15.9. The molecule has 3 aliphatic rings. The molecule has 142 valence electrons. The van der Waals surface area contributed by atoms with Crippen LogP contribution in [0.5, 0.6) is 0 Å². The molecule has 1 aromatic rings. The third-order valence-corrected chi connectivity index (χ3v) is 6.49. The molecule has 6 nitrogen and oxygen atoms in total. The van der Waals surface area contributed by atoms with Gasteiger partial charge in [0.25, 0.3) is 0 Å². The van der Waals surface area contributed by atoms with Crippen molar-refractivity contribution >= 4 is 11.8 Å². The number of hydrogen-bond donors (Lipinski definition) is 0. The van der Waals surface area contributed by atoms with Crippen LogP contribution in [0.1, 0.15) is 55.9 Å². The summed E-state index contributed by atoms with van der Waals surface area (Å²) in [6, 6.07) is 1.54. The number of carbonyl (C=O) groups is 1. The average Bonchev–Trinajstić information content (AvgIpc) is 2.68. The number of methoxy groups -OCH3 is 1. The summed E-state index contributed by atoms with van der Waals surface area (Å²) < 4.78 is 4.71. The number of fused-ring (bicyclic) bond motifs is 4. The number of nitrogens with zero attached hydrogens (tertiary/aromatic N) is 4. The highest BCUT2D eigenvalue weighted by atomic mass is 16.5. The summed E-state index contributed by atoms with van der Waals surface area (Å²) in [5.41, 5.74) is 0.273. The first-order chi connectivity index (χ1) is 12.7. The van der Waals surface area contributed by atoms with Gasteiger partial charge >= 0.3 is 5.97 Å². The normalized spacial score (nSPS) is 31.4. The monoisotopic (exact) mass is 358 g/mol. The lowest BCUT2D eigenvalue weighted by Gasteiger charge is -2.55. The van der Waals surface area contributed by atoms with Crippen molar-refractivity contribution in [2.75, 3.05) is 31.6 Å². The summed E-state index contributed by atoms with van der Waals surface area (Å²) in [4.78, 5) is 25.5. The molecule has 1 aromatic heterocycles. The van der Waals surface area contributed by atoms with Gasteiger partial charge in [0.15, 0.2) is 5.69 Å². The second kappa shape index (κ2) is 7.51. The van der Waals surface area contributed by atoms with E-state index in [1.54, 1.807) is 6.20 Å². The topological polar surface area (TPSA) is 58.6 Å². The average molecular weight is 358 g/mol. The number of ether oxygens (including phenoxy) is 1. The van der Waals surface area contributed by atoms with Crippen LogP contribution in [0.2, 0.25) is 0 Å². The van der Waals surface area contributed by atoms with E-state index in [4.69, 9.17) is 4.74 Å². The Bertz CT molecular complexity index is 633. The maximum absolute atomic E-state index is 11.6. The quantitative estimate of drug-likeness (QED) is 0.772. The van der Waals surface area contributed by atoms with Gasteiger partial charge in [-0.15, -0.1) is 0 Å². The van der Waals surface area contributed by atoms with Crippen molar-refractivity contribution in [3.05, 3.63) is 18.1 Å². The van der Waals surface area contributed by atoms with Crippen LogP contribution in [0, 0.1) is 11.8 Å². The molecular formula is C20H30N4O2. The summed E-state index contributed by atoms with van der Waals surface area (Å²) in [6.45, 7) is 5.65. The molecular weight excluding hydrogens is 328 g/mol. The van der Waals surface area contributed by atoms with E-state index in [0.717, 1.165) is 36.9 Å². The molecule has 0 amide bonds. The summed E-state index contributed by atoms with van der Waals surface area (Å²) in [7, 11) is 1.37. The molecule has 0 spiro atoms. The lowest BCUT2D eigenvalue weighted by atomic mass is 9.74. The van der Waals surface area contributed by atoms with Gasteiger partial charge in [-0.2, -0.15) is 0 Å². The molecule has 0 aromatic carbocycles. The van der Waals surface area contributed by atoms with E-state index in [1.807, 2.05) is 0 Å². The van der Waals surface area contributed by atoms with Crippen LogP contribution in [-0.4, -0.2) is 59.7 Å². The Labute approximate surface area is 155 Å².